The number of hydrogen-bond acceptors (Lipinski definition) is 2. The van der Waals surface area contributed by atoms with E-state index in [0.717, 1.165) is 11.3 Å². The smallest absolute Gasteiger partial charge is 0.165 e. The summed E-state index contributed by atoms with van der Waals surface area (Å²) in [6, 6.07) is 7.43. The lowest BCUT2D eigenvalue weighted by Crippen LogP contribution is -1.96. The molecule has 0 aliphatic carbocycles. The van der Waals surface area contributed by atoms with Crippen molar-refractivity contribution in [1.29, 1.82) is 0 Å². The number of aliphatic imine (C=N–C) groups is 1. The fourth-order valence-corrected chi connectivity index (χ4v) is 1.31. The largest absolute Gasteiger partial charge is 0.241 e. The summed E-state index contributed by atoms with van der Waals surface area (Å²) >= 11 is 10.4. The SMILES string of the molecule is C[N+](C)=C/C=C(\N=C=S)c1ccc(Cl)cc1. The van der Waals surface area contributed by atoms with Crippen LogP contribution in [0.3, 0.4) is 0 Å². The van der Waals surface area contributed by atoms with Crippen LogP contribution in [0.1, 0.15) is 5.56 Å². The molecule has 0 radical (unpaired) electrons. The van der Waals surface area contributed by atoms with Crippen molar-refractivity contribution in [3.05, 3.63) is 40.9 Å². The quantitative estimate of drug-likeness (QED) is 0.458. The van der Waals surface area contributed by atoms with E-state index in [1.54, 1.807) is 0 Å². The van der Waals surface area contributed by atoms with Gasteiger partial charge in [0, 0.05) is 16.7 Å². The van der Waals surface area contributed by atoms with Crippen LogP contribution in [0.5, 0.6) is 0 Å². The van der Waals surface area contributed by atoms with Gasteiger partial charge in [-0.2, -0.15) is 4.99 Å². The molecule has 0 unspecified atom stereocenters. The molecule has 2 nitrogen and oxygen atoms in total. The maximum Gasteiger partial charge on any atom is 0.165 e. The van der Waals surface area contributed by atoms with Crippen LogP contribution in [0.4, 0.5) is 0 Å². The number of allylic oxidation sites excluding steroid dienone is 1. The second-order valence-electron chi connectivity index (χ2n) is 3.37. The van der Waals surface area contributed by atoms with Crippen molar-refractivity contribution in [1.82, 2.24) is 0 Å². The highest BCUT2D eigenvalue weighted by Crippen LogP contribution is 2.17. The number of hydrogen-bond donors (Lipinski definition) is 0. The third kappa shape index (κ3) is 4.07. The number of nitrogens with zero attached hydrogens (tertiary/aromatic N) is 2. The van der Waals surface area contributed by atoms with Gasteiger partial charge >= 0.3 is 0 Å². The second kappa shape index (κ2) is 6.33. The van der Waals surface area contributed by atoms with Crippen molar-refractivity contribution in [3.63, 3.8) is 0 Å². The Hall–Kier alpha value is -1.28. The van der Waals surface area contributed by atoms with Crippen molar-refractivity contribution in [2.45, 2.75) is 0 Å². The lowest BCUT2D eigenvalue weighted by atomic mass is 10.1. The molecule has 0 aliphatic heterocycles. The molecule has 0 N–H and O–H groups in total. The molecule has 1 aromatic rings. The van der Waals surface area contributed by atoms with Gasteiger partial charge in [0.25, 0.3) is 0 Å². The molecule has 4 heteroatoms. The fraction of sp³-hybridized carbons (Fsp3) is 0.167. The summed E-state index contributed by atoms with van der Waals surface area (Å²) in [5.41, 5.74) is 1.72. The van der Waals surface area contributed by atoms with Crippen molar-refractivity contribution in [3.8, 4) is 0 Å². The van der Waals surface area contributed by atoms with Gasteiger partial charge in [-0.3, -0.25) is 0 Å². The van der Waals surface area contributed by atoms with Crippen LogP contribution in [0.25, 0.3) is 5.70 Å². The van der Waals surface area contributed by atoms with E-state index in [2.05, 4.69) is 22.4 Å². The summed E-state index contributed by atoms with van der Waals surface area (Å²) in [7, 11) is 3.88. The van der Waals surface area contributed by atoms with Gasteiger partial charge in [0.15, 0.2) is 6.21 Å². The summed E-state index contributed by atoms with van der Waals surface area (Å²) in [5, 5.41) is 3.07. The highest BCUT2D eigenvalue weighted by atomic mass is 35.5. The van der Waals surface area contributed by atoms with Crippen LogP contribution in [0, 0.1) is 0 Å². The van der Waals surface area contributed by atoms with E-state index in [9.17, 15) is 0 Å². The Balaban J connectivity index is 3.12. The molecule has 1 rings (SSSR count). The molecule has 1 aromatic carbocycles. The number of isothiocyanates is 1. The van der Waals surface area contributed by atoms with Crippen molar-refractivity contribution < 1.29 is 4.58 Å². The first-order valence-electron chi connectivity index (χ1n) is 4.69. The molecule has 0 aliphatic rings. The van der Waals surface area contributed by atoms with Gasteiger partial charge < -0.3 is 0 Å². The first-order chi connectivity index (χ1) is 7.63. The Morgan fingerprint density at radius 1 is 1.38 bits per heavy atom. The maximum absolute atomic E-state index is 5.82. The van der Waals surface area contributed by atoms with Gasteiger partial charge in [-0.15, -0.1) is 0 Å². The molecule has 0 saturated heterocycles. The molecule has 0 heterocycles. The first-order valence-corrected chi connectivity index (χ1v) is 5.47. The molecule has 0 fully saturated rings. The Labute approximate surface area is 106 Å². The summed E-state index contributed by atoms with van der Waals surface area (Å²) < 4.78 is 1.93. The van der Waals surface area contributed by atoms with E-state index in [0.29, 0.717) is 5.02 Å². The molecule has 0 atom stereocenters. The minimum atomic E-state index is 0.700. The van der Waals surface area contributed by atoms with E-state index in [4.69, 9.17) is 11.6 Å². The molecule has 82 valence electrons. The fourth-order valence-electron chi connectivity index (χ4n) is 1.09. The summed E-state index contributed by atoms with van der Waals surface area (Å²) in [5.74, 6) is 0. The molecule has 0 aromatic heterocycles. The molecular weight excluding hydrogens is 240 g/mol. The average molecular weight is 252 g/mol. The van der Waals surface area contributed by atoms with Gasteiger partial charge in [-0.1, -0.05) is 23.7 Å². The Morgan fingerprint density at radius 2 is 2.00 bits per heavy atom. The topological polar surface area (TPSA) is 15.4 Å². The van der Waals surface area contributed by atoms with E-state index in [1.807, 2.05) is 55.2 Å². The van der Waals surface area contributed by atoms with Gasteiger partial charge in [-0.05, 0) is 24.4 Å². The van der Waals surface area contributed by atoms with Crippen LogP contribution in [0.2, 0.25) is 5.02 Å². The van der Waals surface area contributed by atoms with E-state index in [-0.39, 0.29) is 0 Å². The standard InChI is InChI=1S/C12H12ClN2S/c1-15(2)8-7-12(14-9-16)10-3-5-11(13)6-4-10/h3-8H,1-2H3/q+1. The minimum absolute atomic E-state index is 0.700. The van der Waals surface area contributed by atoms with Crippen molar-refractivity contribution in [2.24, 2.45) is 4.99 Å². The molecule has 0 amide bonds. The van der Waals surface area contributed by atoms with Crippen LogP contribution in [-0.4, -0.2) is 30.0 Å². The maximum atomic E-state index is 5.82. The third-order valence-corrected chi connectivity index (χ3v) is 2.18. The lowest BCUT2D eigenvalue weighted by Gasteiger charge is -1.98. The van der Waals surface area contributed by atoms with E-state index < -0.39 is 0 Å². The van der Waals surface area contributed by atoms with Crippen molar-refractivity contribution in [2.75, 3.05) is 14.1 Å². The lowest BCUT2D eigenvalue weighted by molar-refractivity contribution is -0.458. The molecule has 0 spiro atoms. The van der Waals surface area contributed by atoms with Gasteiger partial charge in [-0.25, -0.2) is 4.58 Å². The number of halogens is 1. The van der Waals surface area contributed by atoms with Crippen LogP contribution < -0.4 is 0 Å². The zero-order valence-electron chi connectivity index (χ0n) is 9.14. The predicted octanol–water partition coefficient (Wildman–Crippen LogP) is 3.13. The number of thiocarbonyl (C=S) groups is 1. The Kier molecular flexibility index (Phi) is 5.06. The van der Waals surface area contributed by atoms with Crippen LogP contribution in [-0.2, 0) is 0 Å². The predicted molar refractivity (Wildman–Crippen MR) is 72.6 cm³/mol. The van der Waals surface area contributed by atoms with Crippen molar-refractivity contribution >= 4 is 40.9 Å². The molecule has 0 bridgehead atoms. The Bertz CT molecular complexity index is 464. The molecular formula is C12H12ClN2S+. The van der Waals surface area contributed by atoms with E-state index >= 15 is 0 Å². The third-order valence-electron chi connectivity index (χ3n) is 1.84. The highest BCUT2D eigenvalue weighted by molar-refractivity contribution is 7.78. The summed E-state index contributed by atoms with van der Waals surface area (Å²) in [4.78, 5) is 4.02. The van der Waals surface area contributed by atoms with Gasteiger partial charge in [0.2, 0.25) is 0 Å². The monoisotopic (exact) mass is 251 g/mol. The van der Waals surface area contributed by atoms with Gasteiger partial charge in [0.05, 0.1) is 10.9 Å². The normalized spacial score (nSPS) is 10.6. The number of rotatable bonds is 3. The average Bonchev–Trinajstić information content (AvgIpc) is 2.25. The minimum Gasteiger partial charge on any atom is -0.241 e. The zero-order valence-corrected chi connectivity index (χ0v) is 10.7. The summed E-state index contributed by atoms with van der Waals surface area (Å²) in [6.07, 6.45) is 3.78. The van der Waals surface area contributed by atoms with Crippen LogP contribution in [0.15, 0.2) is 35.3 Å². The summed E-state index contributed by atoms with van der Waals surface area (Å²) in [6.45, 7) is 0. The van der Waals surface area contributed by atoms with Crippen LogP contribution >= 0.6 is 23.8 Å². The highest BCUT2D eigenvalue weighted by Gasteiger charge is 1.99. The zero-order chi connectivity index (χ0) is 12.0. The molecule has 16 heavy (non-hydrogen) atoms. The Morgan fingerprint density at radius 3 is 2.50 bits per heavy atom. The first kappa shape index (κ1) is 12.8. The van der Waals surface area contributed by atoms with E-state index in [1.165, 1.54) is 0 Å². The number of benzene rings is 1. The molecule has 0 saturated carbocycles. The van der Waals surface area contributed by atoms with Gasteiger partial charge in [0.1, 0.15) is 14.1 Å². The second-order valence-corrected chi connectivity index (χ2v) is 3.99.